The van der Waals surface area contributed by atoms with Gasteiger partial charge in [0.15, 0.2) is 0 Å². The largest absolute Gasteiger partial charge is 0.497 e. The molecule has 0 aromatic rings. The van der Waals surface area contributed by atoms with E-state index < -0.39 is 0 Å². The first-order valence-electron chi connectivity index (χ1n) is 8.73. The van der Waals surface area contributed by atoms with Crippen molar-refractivity contribution >= 4 is 5.91 Å². The van der Waals surface area contributed by atoms with Crippen LogP contribution in [0.3, 0.4) is 0 Å². The fourth-order valence-electron chi connectivity index (χ4n) is 3.54. The Labute approximate surface area is 133 Å². The number of carbonyl (C=O) groups is 1. The second-order valence-corrected chi connectivity index (χ2v) is 6.62. The summed E-state index contributed by atoms with van der Waals surface area (Å²) in [6.45, 7) is 4.89. The van der Waals surface area contributed by atoms with E-state index in [2.05, 4.69) is 11.0 Å². The first-order valence-corrected chi connectivity index (χ1v) is 8.73. The molecule has 0 N–H and O–H groups in total. The summed E-state index contributed by atoms with van der Waals surface area (Å²) in [6.07, 6.45) is 11.0. The molecule has 0 aliphatic carbocycles. The predicted octanol–water partition coefficient (Wildman–Crippen LogP) is 1.78. The molecule has 3 rings (SSSR count). The van der Waals surface area contributed by atoms with E-state index in [-0.39, 0.29) is 18.1 Å². The SMILES string of the molecule is O=C(CN(C[C@H]1CCC=CO1)C[C@H]1CCCO1)N1CCCC1. The lowest BCUT2D eigenvalue weighted by Crippen LogP contribution is -2.45. The summed E-state index contributed by atoms with van der Waals surface area (Å²) in [6, 6.07) is 0. The molecule has 2 saturated heterocycles. The Morgan fingerprint density at radius 1 is 1.14 bits per heavy atom. The number of allylic oxidation sites excluding steroid dienone is 1. The van der Waals surface area contributed by atoms with Crippen molar-refractivity contribution in [1.29, 1.82) is 0 Å². The summed E-state index contributed by atoms with van der Waals surface area (Å²) in [7, 11) is 0. The maximum absolute atomic E-state index is 12.5. The molecule has 124 valence electrons. The van der Waals surface area contributed by atoms with Crippen LogP contribution >= 0.6 is 0 Å². The minimum absolute atomic E-state index is 0.206. The van der Waals surface area contributed by atoms with Crippen molar-refractivity contribution in [3.8, 4) is 0 Å². The van der Waals surface area contributed by atoms with Crippen LogP contribution in [-0.2, 0) is 14.3 Å². The molecule has 22 heavy (non-hydrogen) atoms. The van der Waals surface area contributed by atoms with Gasteiger partial charge in [-0.3, -0.25) is 9.69 Å². The lowest BCUT2D eigenvalue weighted by molar-refractivity contribution is -0.132. The zero-order chi connectivity index (χ0) is 15.2. The summed E-state index contributed by atoms with van der Waals surface area (Å²) < 4.78 is 11.5. The normalized spacial score (nSPS) is 28.3. The van der Waals surface area contributed by atoms with Gasteiger partial charge in [0.1, 0.15) is 6.10 Å². The topological polar surface area (TPSA) is 42.0 Å². The highest BCUT2D eigenvalue weighted by Crippen LogP contribution is 2.17. The summed E-state index contributed by atoms with van der Waals surface area (Å²) in [5.74, 6) is 0.266. The van der Waals surface area contributed by atoms with Crippen molar-refractivity contribution in [3.05, 3.63) is 12.3 Å². The average molecular weight is 308 g/mol. The molecule has 1 amide bonds. The van der Waals surface area contributed by atoms with Gasteiger partial charge < -0.3 is 14.4 Å². The molecule has 2 atom stereocenters. The second-order valence-electron chi connectivity index (χ2n) is 6.62. The Bertz CT molecular complexity index is 387. The van der Waals surface area contributed by atoms with E-state index in [0.29, 0.717) is 6.54 Å². The molecule has 3 heterocycles. The minimum atomic E-state index is 0.206. The van der Waals surface area contributed by atoms with Gasteiger partial charge in [0.25, 0.3) is 0 Å². The minimum Gasteiger partial charge on any atom is -0.497 e. The third-order valence-electron chi connectivity index (χ3n) is 4.79. The summed E-state index contributed by atoms with van der Waals surface area (Å²) in [5.41, 5.74) is 0. The van der Waals surface area contributed by atoms with Crippen molar-refractivity contribution in [2.45, 2.75) is 50.7 Å². The van der Waals surface area contributed by atoms with E-state index >= 15 is 0 Å². The van der Waals surface area contributed by atoms with Gasteiger partial charge in [-0.25, -0.2) is 0 Å². The van der Waals surface area contributed by atoms with Gasteiger partial charge in [0, 0.05) is 32.8 Å². The number of amides is 1. The highest BCUT2D eigenvalue weighted by molar-refractivity contribution is 5.78. The molecular formula is C17H28N2O3. The molecule has 0 aromatic carbocycles. The first kappa shape index (κ1) is 15.8. The number of hydrogen-bond acceptors (Lipinski definition) is 4. The van der Waals surface area contributed by atoms with E-state index in [1.54, 1.807) is 6.26 Å². The van der Waals surface area contributed by atoms with E-state index in [1.807, 2.05) is 4.90 Å². The van der Waals surface area contributed by atoms with Crippen molar-refractivity contribution in [1.82, 2.24) is 9.80 Å². The van der Waals surface area contributed by atoms with Gasteiger partial charge in [0.2, 0.25) is 5.91 Å². The fraction of sp³-hybridized carbons (Fsp3) is 0.824. The van der Waals surface area contributed by atoms with Crippen LogP contribution in [0.2, 0.25) is 0 Å². The highest BCUT2D eigenvalue weighted by Gasteiger charge is 2.26. The summed E-state index contributed by atoms with van der Waals surface area (Å²) in [4.78, 5) is 16.7. The lowest BCUT2D eigenvalue weighted by Gasteiger charge is -2.30. The van der Waals surface area contributed by atoms with Crippen molar-refractivity contribution < 1.29 is 14.3 Å². The summed E-state index contributed by atoms with van der Waals surface area (Å²) >= 11 is 0. The monoisotopic (exact) mass is 308 g/mol. The molecule has 5 nitrogen and oxygen atoms in total. The van der Waals surface area contributed by atoms with Crippen LogP contribution in [0.1, 0.15) is 38.5 Å². The Balaban J connectivity index is 1.54. The van der Waals surface area contributed by atoms with Gasteiger partial charge in [-0.05, 0) is 44.6 Å². The number of hydrogen-bond donors (Lipinski definition) is 0. The highest BCUT2D eigenvalue weighted by atomic mass is 16.5. The van der Waals surface area contributed by atoms with Crippen LogP contribution in [0.25, 0.3) is 0 Å². The number of carbonyl (C=O) groups excluding carboxylic acids is 1. The number of nitrogens with zero attached hydrogens (tertiary/aromatic N) is 2. The summed E-state index contributed by atoms with van der Waals surface area (Å²) in [5, 5.41) is 0. The molecule has 3 aliphatic heterocycles. The molecule has 0 bridgehead atoms. The number of ether oxygens (including phenoxy) is 2. The predicted molar refractivity (Wildman–Crippen MR) is 84.5 cm³/mol. The van der Waals surface area contributed by atoms with Gasteiger partial charge in [-0.1, -0.05) is 0 Å². The molecule has 0 saturated carbocycles. The zero-order valence-electron chi connectivity index (χ0n) is 13.4. The third-order valence-corrected chi connectivity index (χ3v) is 4.79. The van der Waals surface area contributed by atoms with Crippen LogP contribution in [0.5, 0.6) is 0 Å². The van der Waals surface area contributed by atoms with E-state index in [4.69, 9.17) is 9.47 Å². The average Bonchev–Trinajstić information content (AvgIpc) is 3.21. The second kappa shape index (κ2) is 7.97. The van der Waals surface area contributed by atoms with E-state index in [9.17, 15) is 4.79 Å². The number of rotatable bonds is 6. The van der Waals surface area contributed by atoms with Crippen LogP contribution in [0.4, 0.5) is 0 Å². The van der Waals surface area contributed by atoms with Crippen LogP contribution < -0.4 is 0 Å². The Hall–Kier alpha value is -1.07. The van der Waals surface area contributed by atoms with Crippen LogP contribution in [-0.4, -0.2) is 67.2 Å². The smallest absolute Gasteiger partial charge is 0.236 e. The Morgan fingerprint density at radius 3 is 2.64 bits per heavy atom. The number of likely N-dealkylation sites (tertiary alicyclic amines) is 1. The van der Waals surface area contributed by atoms with Crippen LogP contribution in [0, 0.1) is 0 Å². The first-order chi connectivity index (χ1) is 10.8. The van der Waals surface area contributed by atoms with Gasteiger partial charge >= 0.3 is 0 Å². The Morgan fingerprint density at radius 2 is 1.95 bits per heavy atom. The quantitative estimate of drug-likeness (QED) is 0.750. The van der Waals surface area contributed by atoms with Gasteiger partial charge in [0.05, 0.1) is 18.9 Å². The van der Waals surface area contributed by atoms with Crippen LogP contribution in [0.15, 0.2) is 12.3 Å². The standard InChI is InChI=1S/C17H28N2O3/c20-17(19-8-2-3-9-19)14-18(13-16-7-5-11-22-16)12-15-6-1-4-10-21-15/h4,10,15-16H,1-3,5-9,11-14H2/t15-,16-/m1/s1. The van der Waals surface area contributed by atoms with Crippen molar-refractivity contribution in [3.63, 3.8) is 0 Å². The molecule has 0 radical (unpaired) electrons. The lowest BCUT2D eigenvalue weighted by atomic mass is 10.1. The van der Waals surface area contributed by atoms with Gasteiger partial charge in [-0.2, -0.15) is 0 Å². The molecule has 3 aliphatic rings. The van der Waals surface area contributed by atoms with E-state index in [0.717, 1.165) is 71.3 Å². The zero-order valence-corrected chi connectivity index (χ0v) is 13.4. The molecule has 5 heteroatoms. The molecule has 0 aromatic heterocycles. The fourth-order valence-corrected chi connectivity index (χ4v) is 3.54. The Kier molecular flexibility index (Phi) is 5.73. The molecular weight excluding hydrogens is 280 g/mol. The maximum Gasteiger partial charge on any atom is 0.236 e. The maximum atomic E-state index is 12.5. The molecule has 0 unspecified atom stereocenters. The van der Waals surface area contributed by atoms with Crippen molar-refractivity contribution in [2.75, 3.05) is 39.3 Å². The van der Waals surface area contributed by atoms with Crippen molar-refractivity contribution in [2.24, 2.45) is 0 Å². The van der Waals surface area contributed by atoms with E-state index in [1.165, 1.54) is 0 Å². The third kappa shape index (κ3) is 4.46. The van der Waals surface area contributed by atoms with Gasteiger partial charge in [-0.15, -0.1) is 0 Å². The molecule has 2 fully saturated rings. The molecule has 0 spiro atoms.